The fraction of sp³-hybridized carbons (Fsp3) is 0.733. The lowest BCUT2D eigenvalue weighted by Crippen LogP contribution is -2.54. The molecule has 1 aromatic heterocycles. The quantitative estimate of drug-likeness (QED) is 0.900. The van der Waals surface area contributed by atoms with E-state index in [4.69, 9.17) is 5.73 Å². The van der Waals surface area contributed by atoms with Gasteiger partial charge in [-0.25, -0.2) is 0 Å². The molecule has 1 aromatic rings. The molecule has 0 aromatic carbocycles. The van der Waals surface area contributed by atoms with E-state index >= 15 is 0 Å². The number of nitrogens with two attached hydrogens (primary N) is 1. The summed E-state index contributed by atoms with van der Waals surface area (Å²) < 4.78 is 0. The van der Waals surface area contributed by atoms with Gasteiger partial charge in [-0.2, -0.15) is 11.3 Å². The predicted molar refractivity (Wildman–Crippen MR) is 83.6 cm³/mol. The second-order valence-corrected chi connectivity index (χ2v) is 6.39. The van der Waals surface area contributed by atoms with Crippen LogP contribution >= 0.6 is 11.3 Å². The lowest BCUT2D eigenvalue weighted by atomic mass is 9.96. The average molecular weight is 281 g/mol. The van der Waals surface area contributed by atoms with Crippen LogP contribution in [0.15, 0.2) is 16.8 Å². The van der Waals surface area contributed by atoms with Gasteiger partial charge in [0.05, 0.1) is 6.04 Å². The van der Waals surface area contributed by atoms with Crippen molar-refractivity contribution in [1.29, 1.82) is 0 Å². The first-order chi connectivity index (χ1) is 9.17. The number of thiophene rings is 1. The molecule has 2 rings (SSSR count). The van der Waals surface area contributed by atoms with Gasteiger partial charge in [-0.1, -0.05) is 13.8 Å². The molecule has 3 unspecified atom stereocenters. The Labute approximate surface area is 121 Å². The average Bonchev–Trinajstić information content (AvgIpc) is 2.94. The molecule has 108 valence electrons. The summed E-state index contributed by atoms with van der Waals surface area (Å²) in [5.74, 6) is 0. The molecule has 1 saturated heterocycles. The van der Waals surface area contributed by atoms with Crippen LogP contribution in [0.25, 0.3) is 0 Å². The van der Waals surface area contributed by atoms with Crippen LogP contribution in [-0.2, 0) is 0 Å². The van der Waals surface area contributed by atoms with E-state index in [0.29, 0.717) is 12.1 Å². The third-order valence-electron chi connectivity index (χ3n) is 4.43. The molecule has 4 heteroatoms. The number of hydrogen-bond donors (Lipinski definition) is 1. The van der Waals surface area contributed by atoms with E-state index in [1.807, 2.05) is 0 Å². The Morgan fingerprint density at radius 2 is 2.21 bits per heavy atom. The van der Waals surface area contributed by atoms with Crippen molar-refractivity contribution in [1.82, 2.24) is 9.80 Å². The topological polar surface area (TPSA) is 32.5 Å². The Morgan fingerprint density at radius 3 is 2.79 bits per heavy atom. The zero-order valence-electron chi connectivity index (χ0n) is 12.4. The minimum atomic E-state index is 0.232. The van der Waals surface area contributed by atoms with Gasteiger partial charge in [-0.3, -0.25) is 4.90 Å². The van der Waals surface area contributed by atoms with Crippen LogP contribution in [0.5, 0.6) is 0 Å². The minimum Gasteiger partial charge on any atom is -0.326 e. The molecule has 0 amide bonds. The third-order valence-corrected chi connectivity index (χ3v) is 5.14. The highest BCUT2D eigenvalue weighted by molar-refractivity contribution is 7.07. The van der Waals surface area contributed by atoms with E-state index < -0.39 is 0 Å². The first-order valence-electron chi connectivity index (χ1n) is 7.39. The van der Waals surface area contributed by atoms with Crippen LogP contribution in [0.4, 0.5) is 0 Å². The van der Waals surface area contributed by atoms with E-state index in [0.717, 1.165) is 26.1 Å². The van der Waals surface area contributed by atoms with Gasteiger partial charge in [0, 0.05) is 31.7 Å². The SMILES string of the molecule is CCC(N)C(c1ccsc1)N1CCN(C)C(CC)C1. The van der Waals surface area contributed by atoms with E-state index in [2.05, 4.69) is 47.5 Å². The largest absolute Gasteiger partial charge is 0.326 e. The Kier molecular flexibility index (Phi) is 5.39. The fourth-order valence-corrected chi connectivity index (χ4v) is 3.75. The van der Waals surface area contributed by atoms with E-state index in [1.165, 1.54) is 12.0 Å². The number of rotatable bonds is 5. The van der Waals surface area contributed by atoms with Gasteiger partial charge in [0.25, 0.3) is 0 Å². The summed E-state index contributed by atoms with van der Waals surface area (Å²) in [6.07, 6.45) is 2.24. The van der Waals surface area contributed by atoms with Crippen molar-refractivity contribution in [3.63, 3.8) is 0 Å². The highest BCUT2D eigenvalue weighted by atomic mass is 32.1. The Bertz CT molecular complexity index is 365. The molecule has 2 N–H and O–H groups in total. The fourth-order valence-electron chi connectivity index (χ4n) is 3.06. The predicted octanol–water partition coefficient (Wildman–Crippen LogP) is 2.55. The first kappa shape index (κ1) is 15.0. The second kappa shape index (κ2) is 6.84. The third kappa shape index (κ3) is 3.37. The zero-order valence-corrected chi connectivity index (χ0v) is 13.2. The minimum absolute atomic E-state index is 0.232. The molecule has 1 aliphatic rings. The molecular formula is C15H27N3S. The molecule has 0 spiro atoms. The van der Waals surface area contributed by atoms with E-state index in [-0.39, 0.29) is 6.04 Å². The van der Waals surface area contributed by atoms with Gasteiger partial charge in [0.15, 0.2) is 0 Å². The highest BCUT2D eigenvalue weighted by Gasteiger charge is 2.31. The van der Waals surface area contributed by atoms with Crippen molar-refractivity contribution in [2.75, 3.05) is 26.7 Å². The summed E-state index contributed by atoms with van der Waals surface area (Å²) in [4.78, 5) is 5.09. The van der Waals surface area contributed by atoms with Gasteiger partial charge in [0.1, 0.15) is 0 Å². The summed E-state index contributed by atoms with van der Waals surface area (Å²) >= 11 is 1.77. The first-order valence-corrected chi connectivity index (χ1v) is 8.33. The molecule has 1 fully saturated rings. The van der Waals surface area contributed by atoms with E-state index in [9.17, 15) is 0 Å². The van der Waals surface area contributed by atoms with Crippen LogP contribution in [0.2, 0.25) is 0 Å². The standard InChI is InChI=1S/C15H27N3S/c1-4-13-10-18(8-7-17(13)3)15(14(16)5-2)12-6-9-19-11-12/h6,9,11,13-15H,4-5,7-8,10,16H2,1-3H3. The van der Waals surface area contributed by atoms with E-state index in [1.54, 1.807) is 11.3 Å². The van der Waals surface area contributed by atoms with Gasteiger partial charge in [-0.05, 0) is 42.3 Å². The zero-order chi connectivity index (χ0) is 13.8. The normalized spacial score (nSPS) is 25.4. The molecule has 0 aliphatic carbocycles. The Balaban J connectivity index is 2.15. The summed E-state index contributed by atoms with van der Waals surface area (Å²) in [6.45, 7) is 7.89. The van der Waals surface area contributed by atoms with Crippen molar-refractivity contribution < 1.29 is 0 Å². The molecule has 1 aliphatic heterocycles. The monoisotopic (exact) mass is 281 g/mol. The van der Waals surface area contributed by atoms with Crippen LogP contribution in [0, 0.1) is 0 Å². The van der Waals surface area contributed by atoms with Crippen molar-refractivity contribution in [3.05, 3.63) is 22.4 Å². The van der Waals surface area contributed by atoms with Crippen LogP contribution < -0.4 is 5.73 Å². The molecule has 0 saturated carbocycles. The van der Waals surface area contributed by atoms with Gasteiger partial charge in [0.2, 0.25) is 0 Å². The second-order valence-electron chi connectivity index (χ2n) is 5.61. The number of nitrogens with zero attached hydrogens (tertiary/aromatic N) is 2. The number of piperazine rings is 1. The van der Waals surface area contributed by atoms with Crippen molar-refractivity contribution in [2.24, 2.45) is 5.73 Å². The molecule has 2 heterocycles. The smallest absolute Gasteiger partial charge is 0.0508 e. The van der Waals surface area contributed by atoms with Crippen molar-refractivity contribution in [3.8, 4) is 0 Å². The summed E-state index contributed by atoms with van der Waals surface area (Å²) in [5.41, 5.74) is 7.81. The summed E-state index contributed by atoms with van der Waals surface area (Å²) in [5, 5.41) is 4.43. The van der Waals surface area contributed by atoms with Gasteiger partial charge < -0.3 is 10.6 Å². The Hall–Kier alpha value is -0.420. The lowest BCUT2D eigenvalue weighted by Gasteiger charge is -2.44. The highest BCUT2D eigenvalue weighted by Crippen LogP contribution is 2.29. The van der Waals surface area contributed by atoms with Gasteiger partial charge >= 0.3 is 0 Å². The van der Waals surface area contributed by atoms with Crippen LogP contribution in [0.3, 0.4) is 0 Å². The van der Waals surface area contributed by atoms with Crippen LogP contribution in [-0.4, -0.2) is 48.6 Å². The maximum absolute atomic E-state index is 6.41. The molecule has 0 bridgehead atoms. The molecule has 3 atom stereocenters. The molecule has 3 nitrogen and oxygen atoms in total. The lowest BCUT2D eigenvalue weighted by molar-refractivity contribution is 0.0526. The van der Waals surface area contributed by atoms with Crippen molar-refractivity contribution >= 4 is 11.3 Å². The maximum atomic E-state index is 6.41. The number of likely N-dealkylation sites (N-methyl/N-ethyl adjacent to an activating group) is 1. The van der Waals surface area contributed by atoms with Gasteiger partial charge in [-0.15, -0.1) is 0 Å². The number of hydrogen-bond acceptors (Lipinski definition) is 4. The Morgan fingerprint density at radius 1 is 1.42 bits per heavy atom. The van der Waals surface area contributed by atoms with Crippen LogP contribution in [0.1, 0.15) is 38.3 Å². The molecular weight excluding hydrogens is 254 g/mol. The molecule has 0 radical (unpaired) electrons. The summed E-state index contributed by atoms with van der Waals surface area (Å²) in [6, 6.07) is 3.53. The summed E-state index contributed by atoms with van der Waals surface area (Å²) in [7, 11) is 2.24. The molecule has 19 heavy (non-hydrogen) atoms. The maximum Gasteiger partial charge on any atom is 0.0508 e. The van der Waals surface area contributed by atoms with Crippen molar-refractivity contribution in [2.45, 2.75) is 44.8 Å².